The number of carbonyl (C=O) groups is 3. The predicted molar refractivity (Wildman–Crippen MR) is 93.8 cm³/mol. The zero-order valence-corrected chi connectivity index (χ0v) is 14.6. The van der Waals surface area contributed by atoms with Gasteiger partial charge in [0, 0.05) is 12.1 Å². The summed E-state index contributed by atoms with van der Waals surface area (Å²) in [5.74, 6) is -0.488. The highest BCUT2D eigenvalue weighted by Gasteiger charge is 2.20. The Morgan fingerprint density at radius 2 is 2.04 bits per heavy atom. The quantitative estimate of drug-likeness (QED) is 0.662. The minimum atomic E-state index is -0.677. The second-order valence-electron chi connectivity index (χ2n) is 4.80. The van der Waals surface area contributed by atoms with Gasteiger partial charge in [0.2, 0.25) is 17.7 Å². The van der Waals surface area contributed by atoms with Gasteiger partial charge >= 0.3 is 0 Å². The molecule has 3 amide bonds. The average molecular weight is 358 g/mol. The van der Waals surface area contributed by atoms with Crippen molar-refractivity contribution in [1.29, 1.82) is 0 Å². The summed E-state index contributed by atoms with van der Waals surface area (Å²) in [5.41, 5.74) is 5.75. The maximum Gasteiger partial charge on any atom is 0.250 e. The molecule has 126 valence electrons. The van der Waals surface area contributed by atoms with Gasteiger partial charge in [-0.3, -0.25) is 14.4 Å². The molecule has 0 bridgehead atoms. The minimum absolute atomic E-state index is 0.128. The van der Waals surface area contributed by atoms with E-state index in [1.807, 2.05) is 6.26 Å². The van der Waals surface area contributed by atoms with Crippen LogP contribution in [0.2, 0.25) is 5.02 Å². The van der Waals surface area contributed by atoms with Crippen LogP contribution in [0, 0.1) is 0 Å². The zero-order chi connectivity index (χ0) is 17.4. The largest absolute Gasteiger partial charge is 0.366 e. The molecule has 0 aliphatic rings. The van der Waals surface area contributed by atoms with Crippen LogP contribution in [-0.4, -0.2) is 35.8 Å². The average Bonchev–Trinajstić information content (AvgIpc) is 2.52. The smallest absolute Gasteiger partial charge is 0.250 e. The number of carbonyl (C=O) groups excluding carboxylic acids is 3. The van der Waals surface area contributed by atoms with E-state index >= 15 is 0 Å². The predicted octanol–water partition coefficient (Wildman–Crippen LogP) is 2.03. The lowest BCUT2D eigenvalue weighted by atomic mass is 10.1. The summed E-state index contributed by atoms with van der Waals surface area (Å²) in [5, 5.41) is 5.58. The van der Waals surface area contributed by atoms with E-state index in [-0.39, 0.29) is 22.4 Å². The molecule has 0 saturated carbocycles. The molecule has 1 aromatic rings. The van der Waals surface area contributed by atoms with Gasteiger partial charge in [-0.15, -0.1) is 0 Å². The van der Waals surface area contributed by atoms with Gasteiger partial charge in [-0.1, -0.05) is 18.5 Å². The van der Waals surface area contributed by atoms with Gasteiger partial charge in [0.05, 0.1) is 10.6 Å². The molecule has 1 unspecified atom stereocenters. The zero-order valence-electron chi connectivity index (χ0n) is 13.0. The second kappa shape index (κ2) is 9.42. The first-order valence-corrected chi connectivity index (χ1v) is 8.84. The van der Waals surface area contributed by atoms with Crippen molar-refractivity contribution in [2.75, 3.05) is 17.3 Å². The van der Waals surface area contributed by atoms with Crippen molar-refractivity contribution >= 4 is 46.8 Å². The summed E-state index contributed by atoms with van der Waals surface area (Å²) in [6, 6.07) is 3.83. The van der Waals surface area contributed by atoms with Crippen LogP contribution in [0.1, 0.15) is 30.1 Å². The molecule has 1 rings (SSSR count). The highest BCUT2D eigenvalue weighted by Crippen LogP contribution is 2.20. The lowest BCUT2D eigenvalue weighted by Gasteiger charge is -2.18. The highest BCUT2D eigenvalue weighted by atomic mass is 35.5. The van der Waals surface area contributed by atoms with Crippen LogP contribution in [-0.2, 0) is 9.59 Å². The van der Waals surface area contributed by atoms with Crippen LogP contribution in [0.3, 0.4) is 0 Å². The van der Waals surface area contributed by atoms with Crippen LogP contribution in [0.25, 0.3) is 0 Å². The Morgan fingerprint density at radius 3 is 2.61 bits per heavy atom. The van der Waals surface area contributed by atoms with Crippen molar-refractivity contribution in [3.8, 4) is 0 Å². The number of hydrogen-bond donors (Lipinski definition) is 3. The third-order valence-corrected chi connectivity index (χ3v) is 4.06. The van der Waals surface area contributed by atoms with Crippen LogP contribution in [0.5, 0.6) is 0 Å². The normalized spacial score (nSPS) is 11.6. The number of nitrogens with one attached hydrogen (secondary N) is 2. The van der Waals surface area contributed by atoms with Crippen molar-refractivity contribution < 1.29 is 14.4 Å². The lowest BCUT2D eigenvalue weighted by molar-refractivity contribution is -0.126. The van der Waals surface area contributed by atoms with E-state index in [4.69, 9.17) is 17.3 Å². The minimum Gasteiger partial charge on any atom is -0.366 e. The van der Waals surface area contributed by atoms with Gasteiger partial charge in [0.1, 0.15) is 6.04 Å². The molecule has 1 aromatic carbocycles. The Labute approximate surface area is 144 Å². The van der Waals surface area contributed by atoms with Crippen molar-refractivity contribution in [1.82, 2.24) is 5.32 Å². The molecule has 0 saturated heterocycles. The number of rotatable bonds is 8. The van der Waals surface area contributed by atoms with Crippen molar-refractivity contribution in [3.63, 3.8) is 0 Å². The molecule has 6 nitrogen and oxygen atoms in total. The highest BCUT2D eigenvalue weighted by molar-refractivity contribution is 7.98. The second-order valence-corrected chi connectivity index (χ2v) is 6.20. The fourth-order valence-corrected chi connectivity index (χ4v) is 2.50. The van der Waals surface area contributed by atoms with Crippen molar-refractivity contribution in [2.45, 2.75) is 25.8 Å². The molecule has 4 N–H and O–H groups in total. The van der Waals surface area contributed by atoms with Crippen LogP contribution < -0.4 is 16.4 Å². The SMILES string of the molecule is CCC(=O)NC(CCSC)C(=O)Nc1ccc(Cl)c(C(N)=O)c1. The molecular weight excluding hydrogens is 338 g/mol. The number of anilines is 1. The first-order valence-electron chi connectivity index (χ1n) is 7.07. The number of thioether (sulfide) groups is 1. The van der Waals surface area contributed by atoms with E-state index in [0.717, 1.165) is 5.75 Å². The van der Waals surface area contributed by atoms with Gasteiger partial charge in [0.15, 0.2) is 0 Å². The maximum atomic E-state index is 12.4. The third-order valence-electron chi connectivity index (χ3n) is 3.08. The molecule has 0 radical (unpaired) electrons. The van der Waals surface area contributed by atoms with E-state index in [2.05, 4.69) is 10.6 Å². The Balaban J connectivity index is 2.86. The van der Waals surface area contributed by atoms with Crippen LogP contribution in [0.4, 0.5) is 5.69 Å². The number of nitrogens with two attached hydrogens (primary N) is 1. The first kappa shape index (κ1) is 19.3. The summed E-state index contributed by atoms with van der Waals surface area (Å²) in [6.45, 7) is 1.72. The monoisotopic (exact) mass is 357 g/mol. The van der Waals surface area contributed by atoms with Crippen molar-refractivity contribution in [2.24, 2.45) is 5.73 Å². The number of benzene rings is 1. The van der Waals surface area contributed by atoms with E-state index < -0.39 is 11.9 Å². The van der Waals surface area contributed by atoms with Gasteiger partial charge < -0.3 is 16.4 Å². The number of halogens is 1. The van der Waals surface area contributed by atoms with Crippen LogP contribution >= 0.6 is 23.4 Å². The third kappa shape index (κ3) is 6.11. The Hall–Kier alpha value is -1.73. The van der Waals surface area contributed by atoms with Gasteiger partial charge in [-0.05, 0) is 36.6 Å². The molecule has 8 heteroatoms. The molecule has 0 aliphatic carbocycles. The molecular formula is C15H20ClN3O3S. The Bertz CT molecular complexity index is 595. The molecule has 0 aliphatic heterocycles. The van der Waals surface area contributed by atoms with Gasteiger partial charge in [-0.2, -0.15) is 11.8 Å². The van der Waals surface area contributed by atoms with Gasteiger partial charge in [-0.25, -0.2) is 0 Å². The fourth-order valence-electron chi connectivity index (χ4n) is 1.82. The molecule has 0 heterocycles. The topological polar surface area (TPSA) is 101 Å². The summed E-state index contributed by atoms with van der Waals surface area (Å²) in [7, 11) is 0. The number of hydrogen-bond acceptors (Lipinski definition) is 4. The fraction of sp³-hybridized carbons (Fsp3) is 0.400. The molecule has 23 heavy (non-hydrogen) atoms. The standard InChI is InChI=1S/C15H20ClN3O3S/c1-3-13(20)19-12(6-7-23-2)15(22)18-9-4-5-11(16)10(8-9)14(17)21/h4-5,8,12H,3,6-7H2,1-2H3,(H2,17,21)(H,18,22)(H,19,20). The molecule has 0 spiro atoms. The Morgan fingerprint density at radius 1 is 1.35 bits per heavy atom. The van der Waals surface area contributed by atoms with E-state index in [9.17, 15) is 14.4 Å². The summed E-state index contributed by atoms with van der Waals surface area (Å²) in [6.07, 6.45) is 2.74. The Kier molecular flexibility index (Phi) is 7.91. The van der Waals surface area contributed by atoms with E-state index in [0.29, 0.717) is 18.5 Å². The molecule has 0 aromatic heterocycles. The number of amides is 3. The van der Waals surface area contributed by atoms with E-state index in [1.165, 1.54) is 12.1 Å². The lowest BCUT2D eigenvalue weighted by Crippen LogP contribution is -2.44. The summed E-state index contributed by atoms with van der Waals surface area (Å²) >= 11 is 7.46. The first-order chi connectivity index (χ1) is 10.9. The maximum absolute atomic E-state index is 12.4. The molecule has 1 atom stereocenters. The van der Waals surface area contributed by atoms with Crippen LogP contribution in [0.15, 0.2) is 18.2 Å². The summed E-state index contributed by atoms with van der Waals surface area (Å²) < 4.78 is 0. The number of primary amides is 1. The van der Waals surface area contributed by atoms with Gasteiger partial charge in [0.25, 0.3) is 0 Å². The van der Waals surface area contributed by atoms with Crippen molar-refractivity contribution in [3.05, 3.63) is 28.8 Å². The van der Waals surface area contributed by atoms with E-state index in [1.54, 1.807) is 24.8 Å². The molecule has 0 fully saturated rings. The summed E-state index contributed by atoms with van der Waals surface area (Å²) in [4.78, 5) is 35.2.